The zero-order valence-corrected chi connectivity index (χ0v) is 12.2. The molecule has 0 saturated carbocycles. The van der Waals surface area contributed by atoms with Crippen molar-refractivity contribution in [1.29, 1.82) is 0 Å². The van der Waals surface area contributed by atoms with Crippen molar-refractivity contribution in [1.82, 2.24) is 9.47 Å². The zero-order valence-electron chi connectivity index (χ0n) is 11.4. The lowest BCUT2D eigenvalue weighted by Crippen LogP contribution is -2.42. The summed E-state index contributed by atoms with van der Waals surface area (Å²) in [7, 11) is 0. The smallest absolute Gasteiger partial charge is 0.242 e. The summed E-state index contributed by atoms with van der Waals surface area (Å²) in [5.74, 6) is 0.0261. The molecule has 1 amide bonds. The maximum atomic E-state index is 12.3. The van der Waals surface area contributed by atoms with Gasteiger partial charge >= 0.3 is 0 Å². The van der Waals surface area contributed by atoms with E-state index in [-0.39, 0.29) is 17.9 Å². The molecule has 5 nitrogen and oxygen atoms in total. The molecule has 110 valence electrons. The number of carbonyl (C=O) groups excluding carboxylic acids is 1. The van der Waals surface area contributed by atoms with Gasteiger partial charge in [0.05, 0.1) is 18.7 Å². The van der Waals surface area contributed by atoms with Gasteiger partial charge in [-0.05, 0) is 18.2 Å². The van der Waals surface area contributed by atoms with Gasteiger partial charge in [-0.25, -0.2) is 0 Å². The number of halogens is 1. The third-order valence-corrected chi connectivity index (χ3v) is 3.84. The summed E-state index contributed by atoms with van der Waals surface area (Å²) in [6.45, 7) is 2.59. The van der Waals surface area contributed by atoms with Crippen LogP contribution in [0, 0.1) is 0 Å². The van der Waals surface area contributed by atoms with E-state index >= 15 is 0 Å². The van der Waals surface area contributed by atoms with Crippen LogP contribution in [-0.4, -0.2) is 41.7 Å². The largest absolute Gasteiger partial charge is 0.378 e. The van der Waals surface area contributed by atoms with Crippen molar-refractivity contribution in [2.45, 2.75) is 6.54 Å². The van der Waals surface area contributed by atoms with Crippen molar-refractivity contribution >= 4 is 28.4 Å². The summed E-state index contributed by atoms with van der Waals surface area (Å²) in [6, 6.07) is 6.59. The van der Waals surface area contributed by atoms with Crippen LogP contribution >= 0.6 is 11.6 Å². The van der Waals surface area contributed by atoms with E-state index in [1.54, 1.807) is 33.9 Å². The van der Waals surface area contributed by atoms with E-state index < -0.39 is 0 Å². The molecule has 2 heterocycles. The number of fused-ring (bicyclic) bond motifs is 1. The first-order valence-corrected chi connectivity index (χ1v) is 7.17. The number of benzene rings is 1. The van der Waals surface area contributed by atoms with Crippen LogP contribution in [0.4, 0.5) is 0 Å². The minimum Gasteiger partial charge on any atom is -0.378 e. The lowest BCUT2D eigenvalue weighted by molar-refractivity contribution is -0.135. The minimum atomic E-state index is -0.0948. The normalized spacial score (nSPS) is 15.4. The molecule has 3 rings (SSSR count). The van der Waals surface area contributed by atoms with Gasteiger partial charge in [0.2, 0.25) is 5.91 Å². The molecule has 1 aliphatic rings. The summed E-state index contributed by atoms with van der Waals surface area (Å²) in [5, 5.41) is 1.04. The maximum absolute atomic E-state index is 12.3. The second-order valence-electron chi connectivity index (χ2n) is 4.96. The number of pyridine rings is 1. The van der Waals surface area contributed by atoms with E-state index in [0.29, 0.717) is 42.2 Å². The standard InChI is InChI=1S/C15H15ClN2O3/c16-11-1-2-13-12(9-11)14(19)3-4-18(13)10-15(20)17-5-7-21-8-6-17/h1-4,9H,5-8,10H2. The number of aromatic nitrogens is 1. The Kier molecular flexibility index (Phi) is 3.94. The lowest BCUT2D eigenvalue weighted by atomic mass is 10.2. The van der Waals surface area contributed by atoms with Gasteiger partial charge < -0.3 is 14.2 Å². The first-order chi connectivity index (χ1) is 10.1. The highest BCUT2D eigenvalue weighted by Gasteiger charge is 2.17. The van der Waals surface area contributed by atoms with Crippen LogP contribution in [0.25, 0.3) is 10.9 Å². The Labute approximate surface area is 126 Å². The molecule has 0 atom stereocenters. The van der Waals surface area contributed by atoms with Crippen molar-refractivity contribution in [3.05, 3.63) is 45.7 Å². The van der Waals surface area contributed by atoms with Crippen LogP contribution in [0.5, 0.6) is 0 Å². The predicted octanol–water partition coefficient (Wildman–Crippen LogP) is 1.51. The number of nitrogens with zero attached hydrogens (tertiary/aromatic N) is 2. The van der Waals surface area contributed by atoms with E-state index in [4.69, 9.17) is 16.3 Å². The summed E-state index contributed by atoms with van der Waals surface area (Å²) >= 11 is 5.93. The van der Waals surface area contributed by atoms with Crippen LogP contribution in [0.15, 0.2) is 35.3 Å². The van der Waals surface area contributed by atoms with Gasteiger partial charge in [0, 0.05) is 35.8 Å². The average molecular weight is 307 g/mol. The second kappa shape index (κ2) is 5.87. The topological polar surface area (TPSA) is 51.5 Å². The van der Waals surface area contributed by atoms with Crippen molar-refractivity contribution < 1.29 is 9.53 Å². The highest BCUT2D eigenvalue weighted by molar-refractivity contribution is 6.31. The molecule has 21 heavy (non-hydrogen) atoms. The third-order valence-electron chi connectivity index (χ3n) is 3.61. The molecule has 1 aromatic heterocycles. The number of ether oxygens (including phenoxy) is 1. The molecule has 1 aliphatic heterocycles. The Morgan fingerprint density at radius 3 is 2.76 bits per heavy atom. The fourth-order valence-corrected chi connectivity index (χ4v) is 2.65. The van der Waals surface area contributed by atoms with Gasteiger partial charge in [-0.2, -0.15) is 0 Å². The van der Waals surface area contributed by atoms with Crippen molar-refractivity contribution in [3.63, 3.8) is 0 Å². The van der Waals surface area contributed by atoms with Crippen molar-refractivity contribution in [3.8, 4) is 0 Å². The highest BCUT2D eigenvalue weighted by Crippen LogP contribution is 2.16. The average Bonchev–Trinajstić information content (AvgIpc) is 2.51. The fourth-order valence-electron chi connectivity index (χ4n) is 2.48. The van der Waals surface area contributed by atoms with Gasteiger partial charge in [-0.3, -0.25) is 9.59 Å². The molecular weight excluding hydrogens is 292 g/mol. The van der Waals surface area contributed by atoms with Crippen LogP contribution in [0.2, 0.25) is 5.02 Å². The Bertz CT molecular complexity index is 735. The number of rotatable bonds is 2. The van der Waals surface area contributed by atoms with Gasteiger partial charge in [-0.15, -0.1) is 0 Å². The highest BCUT2D eigenvalue weighted by atomic mass is 35.5. The molecule has 0 N–H and O–H groups in total. The molecule has 1 saturated heterocycles. The van der Waals surface area contributed by atoms with Crippen molar-refractivity contribution in [2.24, 2.45) is 0 Å². The Morgan fingerprint density at radius 1 is 1.24 bits per heavy atom. The zero-order chi connectivity index (χ0) is 14.8. The van der Waals surface area contributed by atoms with E-state index in [0.717, 1.165) is 0 Å². The molecule has 1 aromatic carbocycles. The van der Waals surface area contributed by atoms with Crippen LogP contribution in [-0.2, 0) is 16.1 Å². The predicted molar refractivity (Wildman–Crippen MR) is 80.6 cm³/mol. The lowest BCUT2D eigenvalue weighted by Gasteiger charge is -2.27. The molecule has 6 heteroatoms. The summed E-state index contributed by atoms with van der Waals surface area (Å²) in [5.41, 5.74) is 0.621. The summed E-state index contributed by atoms with van der Waals surface area (Å²) in [4.78, 5) is 26.0. The number of morpholine rings is 1. The van der Waals surface area contributed by atoms with Gasteiger partial charge in [0.25, 0.3) is 0 Å². The molecular formula is C15H15ClN2O3. The van der Waals surface area contributed by atoms with E-state index in [1.807, 2.05) is 0 Å². The Balaban J connectivity index is 1.92. The van der Waals surface area contributed by atoms with Crippen LogP contribution in [0.3, 0.4) is 0 Å². The molecule has 0 aliphatic carbocycles. The molecule has 0 spiro atoms. The SMILES string of the molecule is O=C(Cn1ccc(=O)c2cc(Cl)ccc21)N1CCOCC1. The summed E-state index contributed by atoms with van der Waals surface area (Å²) in [6.07, 6.45) is 1.65. The number of carbonyl (C=O) groups is 1. The van der Waals surface area contributed by atoms with Crippen LogP contribution < -0.4 is 5.43 Å². The number of hydrogen-bond donors (Lipinski definition) is 0. The fraction of sp³-hybridized carbons (Fsp3) is 0.333. The second-order valence-corrected chi connectivity index (χ2v) is 5.40. The molecule has 0 unspecified atom stereocenters. The Hall–Kier alpha value is -1.85. The maximum Gasteiger partial charge on any atom is 0.242 e. The first-order valence-electron chi connectivity index (χ1n) is 6.79. The van der Waals surface area contributed by atoms with E-state index in [2.05, 4.69) is 0 Å². The van der Waals surface area contributed by atoms with Crippen LogP contribution in [0.1, 0.15) is 0 Å². The quantitative estimate of drug-likeness (QED) is 0.845. The van der Waals surface area contributed by atoms with E-state index in [9.17, 15) is 9.59 Å². The van der Waals surface area contributed by atoms with Crippen molar-refractivity contribution in [2.75, 3.05) is 26.3 Å². The molecule has 2 aromatic rings. The monoisotopic (exact) mass is 306 g/mol. The first kappa shape index (κ1) is 14.1. The molecule has 0 radical (unpaired) electrons. The van der Waals surface area contributed by atoms with Gasteiger partial charge in [-0.1, -0.05) is 11.6 Å². The number of amides is 1. The van der Waals surface area contributed by atoms with E-state index in [1.165, 1.54) is 6.07 Å². The van der Waals surface area contributed by atoms with Gasteiger partial charge in [0.1, 0.15) is 6.54 Å². The number of hydrogen-bond acceptors (Lipinski definition) is 3. The Morgan fingerprint density at radius 2 is 2.00 bits per heavy atom. The minimum absolute atomic E-state index is 0.0261. The molecule has 0 bridgehead atoms. The third kappa shape index (κ3) is 2.94. The van der Waals surface area contributed by atoms with Gasteiger partial charge in [0.15, 0.2) is 5.43 Å². The summed E-state index contributed by atoms with van der Waals surface area (Å²) < 4.78 is 7.03. The molecule has 1 fully saturated rings.